The van der Waals surface area contributed by atoms with Crippen molar-refractivity contribution in [1.29, 1.82) is 0 Å². The summed E-state index contributed by atoms with van der Waals surface area (Å²) in [6.07, 6.45) is 4.18. The number of rotatable bonds is 5. The number of aliphatic hydroxyl groups is 1. The Labute approximate surface area is 83.6 Å². The highest BCUT2D eigenvalue weighted by molar-refractivity contribution is 6.76. The van der Waals surface area contributed by atoms with E-state index in [9.17, 15) is 0 Å². The third-order valence-electron chi connectivity index (χ3n) is 1.70. The van der Waals surface area contributed by atoms with Crippen LogP contribution in [0.1, 0.15) is 25.7 Å². The molecule has 0 unspecified atom stereocenters. The molecule has 0 amide bonds. The van der Waals surface area contributed by atoms with Crippen LogP contribution in [-0.4, -0.2) is 19.8 Å². The van der Waals surface area contributed by atoms with Gasteiger partial charge in [-0.25, -0.2) is 0 Å². The van der Waals surface area contributed by atoms with Gasteiger partial charge in [0.05, 0.1) is 8.07 Å². The molecule has 0 bridgehead atoms. The molecule has 1 N–H and O–H groups in total. The highest BCUT2D eigenvalue weighted by Crippen LogP contribution is 2.06. The van der Waals surface area contributed by atoms with Gasteiger partial charge in [0, 0.05) is 19.1 Å². The monoisotopic (exact) mass is 198 g/mol. The van der Waals surface area contributed by atoms with Crippen LogP contribution in [0.15, 0.2) is 0 Å². The fraction of sp³-hybridized carbons (Fsp3) is 0.818. The van der Waals surface area contributed by atoms with E-state index in [0.717, 1.165) is 31.7 Å². The maximum atomic E-state index is 8.55. The molecule has 2 heteroatoms. The average molecular weight is 198 g/mol. The van der Waals surface area contributed by atoms with Gasteiger partial charge in [-0.3, -0.25) is 0 Å². The summed E-state index contributed by atoms with van der Waals surface area (Å²) < 4.78 is 0. The van der Waals surface area contributed by atoms with Crippen molar-refractivity contribution in [3.63, 3.8) is 0 Å². The van der Waals surface area contributed by atoms with Gasteiger partial charge in [0.2, 0.25) is 0 Å². The molecular weight excluding hydrogens is 176 g/mol. The summed E-state index contributed by atoms with van der Waals surface area (Å²) in [6, 6.07) is 1.12. The zero-order chi connectivity index (χ0) is 10.2. The molecule has 1 nitrogen and oxygen atoms in total. The van der Waals surface area contributed by atoms with Crippen LogP contribution in [0.4, 0.5) is 0 Å². The first-order valence-electron chi connectivity index (χ1n) is 5.13. The van der Waals surface area contributed by atoms with Crippen molar-refractivity contribution in [2.45, 2.75) is 51.4 Å². The van der Waals surface area contributed by atoms with Crippen LogP contribution in [0.2, 0.25) is 25.7 Å². The van der Waals surface area contributed by atoms with Gasteiger partial charge >= 0.3 is 0 Å². The molecule has 0 aliphatic heterocycles. The lowest BCUT2D eigenvalue weighted by Crippen LogP contribution is -2.17. The molecule has 0 aromatic rings. The Hall–Kier alpha value is -0.263. The third-order valence-corrected chi connectivity index (χ3v) is 2.94. The lowest BCUT2D eigenvalue weighted by molar-refractivity contribution is 0.283. The molecule has 0 aliphatic carbocycles. The Morgan fingerprint density at radius 3 is 2.23 bits per heavy atom. The predicted octanol–water partition coefficient (Wildman–Crippen LogP) is 2.88. The second kappa shape index (κ2) is 7.17. The molecule has 0 heterocycles. The van der Waals surface area contributed by atoms with E-state index >= 15 is 0 Å². The fourth-order valence-corrected chi connectivity index (χ4v) is 1.57. The van der Waals surface area contributed by atoms with Crippen LogP contribution in [0.3, 0.4) is 0 Å². The van der Waals surface area contributed by atoms with E-state index in [1.807, 2.05) is 0 Å². The van der Waals surface area contributed by atoms with Crippen LogP contribution >= 0.6 is 0 Å². The quantitative estimate of drug-likeness (QED) is 0.409. The molecule has 0 rings (SSSR count). The summed E-state index contributed by atoms with van der Waals surface area (Å²) in [7, 11) is -0.946. The van der Waals surface area contributed by atoms with Gasteiger partial charge in [-0.05, 0) is 12.8 Å². The molecular formula is C11H22OSi. The van der Waals surface area contributed by atoms with Gasteiger partial charge in [0.15, 0.2) is 0 Å². The van der Waals surface area contributed by atoms with Gasteiger partial charge in [0.1, 0.15) is 0 Å². The second-order valence-electron chi connectivity index (χ2n) is 4.63. The normalized spacial score (nSPS) is 10.8. The first kappa shape index (κ1) is 12.7. The number of hydrogen-bond donors (Lipinski definition) is 1. The highest BCUT2D eigenvalue weighted by atomic mass is 28.3. The van der Waals surface area contributed by atoms with Gasteiger partial charge < -0.3 is 5.11 Å². The van der Waals surface area contributed by atoms with Crippen LogP contribution in [-0.2, 0) is 0 Å². The van der Waals surface area contributed by atoms with Crippen molar-refractivity contribution in [2.75, 3.05) is 6.61 Å². The molecule has 0 saturated heterocycles. The maximum absolute atomic E-state index is 8.55. The Bertz CT molecular complexity index is 171. The Balaban J connectivity index is 3.31. The number of hydrogen-bond acceptors (Lipinski definition) is 1. The van der Waals surface area contributed by atoms with Crippen molar-refractivity contribution >= 4 is 8.07 Å². The summed E-state index contributed by atoms with van der Waals surface area (Å²) in [5.41, 5.74) is 0. The van der Waals surface area contributed by atoms with E-state index in [-0.39, 0.29) is 0 Å². The summed E-state index contributed by atoms with van der Waals surface area (Å²) >= 11 is 0. The largest absolute Gasteiger partial charge is 0.396 e. The lowest BCUT2D eigenvalue weighted by Gasteiger charge is -2.09. The van der Waals surface area contributed by atoms with Crippen molar-refractivity contribution in [3.05, 3.63) is 0 Å². The van der Waals surface area contributed by atoms with E-state index in [4.69, 9.17) is 5.11 Å². The van der Waals surface area contributed by atoms with Gasteiger partial charge in [0.25, 0.3) is 0 Å². The summed E-state index contributed by atoms with van der Waals surface area (Å²) in [4.78, 5) is 0. The first-order chi connectivity index (χ1) is 6.06. The molecule has 0 aliphatic rings. The maximum Gasteiger partial charge on any atom is 0.0573 e. The summed E-state index contributed by atoms with van der Waals surface area (Å²) in [5.74, 6) is 6.46. The van der Waals surface area contributed by atoms with Crippen LogP contribution in [0.5, 0.6) is 0 Å². The minimum absolute atomic E-state index is 0.322. The molecule has 13 heavy (non-hydrogen) atoms. The van der Waals surface area contributed by atoms with E-state index in [0.29, 0.717) is 6.61 Å². The lowest BCUT2D eigenvalue weighted by atomic mass is 10.2. The molecule has 0 aromatic carbocycles. The first-order valence-corrected chi connectivity index (χ1v) is 8.83. The van der Waals surface area contributed by atoms with E-state index in [1.54, 1.807) is 0 Å². The smallest absolute Gasteiger partial charge is 0.0573 e. The molecule has 0 spiro atoms. The minimum atomic E-state index is -0.946. The Morgan fingerprint density at radius 2 is 1.69 bits per heavy atom. The van der Waals surface area contributed by atoms with Crippen molar-refractivity contribution < 1.29 is 5.11 Å². The minimum Gasteiger partial charge on any atom is -0.396 e. The number of aliphatic hydroxyl groups excluding tert-OH is 1. The fourth-order valence-electron chi connectivity index (χ4n) is 0.918. The molecule has 0 radical (unpaired) electrons. The van der Waals surface area contributed by atoms with Crippen LogP contribution in [0.25, 0.3) is 0 Å². The SMILES string of the molecule is C[Si](C)(C)CC#CCCCCCO. The zero-order valence-electron chi connectivity index (χ0n) is 9.19. The predicted molar refractivity (Wildman–Crippen MR) is 61.5 cm³/mol. The van der Waals surface area contributed by atoms with E-state index < -0.39 is 8.07 Å². The molecule has 0 saturated carbocycles. The van der Waals surface area contributed by atoms with Crippen LogP contribution < -0.4 is 0 Å². The number of unbranched alkanes of at least 4 members (excludes halogenated alkanes) is 3. The van der Waals surface area contributed by atoms with Gasteiger partial charge in [-0.15, -0.1) is 11.8 Å². The third kappa shape index (κ3) is 11.7. The Kier molecular flexibility index (Phi) is 7.03. The standard InChI is InChI=1S/C11H22OSi/c1-13(2,3)11-9-7-5-4-6-8-10-12/h12H,4-6,8,10-11H2,1-3H3. The van der Waals surface area contributed by atoms with Crippen molar-refractivity contribution in [3.8, 4) is 11.8 Å². The average Bonchev–Trinajstić information content (AvgIpc) is 2.01. The van der Waals surface area contributed by atoms with Crippen molar-refractivity contribution in [1.82, 2.24) is 0 Å². The molecule has 76 valence electrons. The zero-order valence-corrected chi connectivity index (χ0v) is 10.2. The molecule has 0 fully saturated rings. The Morgan fingerprint density at radius 1 is 1.00 bits per heavy atom. The van der Waals surface area contributed by atoms with Crippen molar-refractivity contribution in [2.24, 2.45) is 0 Å². The summed E-state index contributed by atoms with van der Waals surface area (Å²) in [6.45, 7) is 7.34. The molecule has 0 atom stereocenters. The van der Waals surface area contributed by atoms with Crippen LogP contribution in [0, 0.1) is 11.8 Å². The highest BCUT2D eigenvalue weighted by Gasteiger charge is 2.09. The van der Waals surface area contributed by atoms with E-state index in [2.05, 4.69) is 31.5 Å². The van der Waals surface area contributed by atoms with Gasteiger partial charge in [-0.1, -0.05) is 26.1 Å². The molecule has 0 aromatic heterocycles. The van der Waals surface area contributed by atoms with Gasteiger partial charge in [-0.2, -0.15) is 0 Å². The topological polar surface area (TPSA) is 20.2 Å². The van der Waals surface area contributed by atoms with E-state index in [1.165, 1.54) is 0 Å². The second-order valence-corrected chi connectivity index (χ2v) is 10.1. The summed E-state index contributed by atoms with van der Waals surface area (Å²) in [5, 5.41) is 8.55.